The first-order valence-corrected chi connectivity index (χ1v) is 6.08. The molecule has 0 radical (unpaired) electrons. The summed E-state index contributed by atoms with van der Waals surface area (Å²) in [6.45, 7) is 4.14. The first-order chi connectivity index (χ1) is 8.19. The molecule has 0 saturated carbocycles. The second-order valence-corrected chi connectivity index (χ2v) is 4.36. The van der Waals surface area contributed by atoms with E-state index in [-0.39, 0.29) is 12.1 Å². The monoisotopic (exact) mass is 234 g/mol. The van der Waals surface area contributed by atoms with Crippen molar-refractivity contribution in [3.63, 3.8) is 0 Å². The molecule has 1 aliphatic heterocycles. The van der Waals surface area contributed by atoms with E-state index in [9.17, 15) is 4.79 Å². The third-order valence-corrected chi connectivity index (χ3v) is 3.24. The van der Waals surface area contributed by atoms with Crippen LogP contribution < -0.4 is 0 Å². The van der Waals surface area contributed by atoms with Crippen LogP contribution in [0.4, 0.5) is 0 Å². The van der Waals surface area contributed by atoms with Crippen molar-refractivity contribution in [2.75, 3.05) is 6.61 Å². The Kier molecular flexibility index (Phi) is 3.48. The van der Waals surface area contributed by atoms with Crippen molar-refractivity contribution in [1.82, 2.24) is 0 Å². The van der Waals surface area contributed by atoms with Crippen LogP contribution in [-0.2, 0) is 20.7 Å². The van der Waals surface area contributed by atoms with Gasteiger partial charge in [-0.25, -0.2) is 4.79 Å². The number of esters is 1. The van der Waals surface area contributed by atoms with Gasteiger partial charge in [0.25, 0.3) is 0 Å². The Morgan fingerprint density at radius 2 is 2.06 bits per heavy atom. The average molecular weight is 234 g/mol. The van der Waals surface area contributed by atoms with Crippen LogP contribution >= 0.6 is 0 Å². The topological polar surface area (TPSA) is 38.8 Å². The molecule has 92 valence electrons. The van der Waals surface area contributed by atoms with Gasteiger partial charge in [0, 0.05) is 0 Å². The molecule has 2 atom stereocenters. The zero-order valence-electron chi connectivity index (χ0n) is 10.3. The lowest BCUT2D eigenvalue weighted by Crippen LogP contribution is -2.29. The first kappa shape index (κ1) is 12.1. The van der Waals surface area contributed by atoms with Crippen molar-refractivity contribution in [2.45, 2.75) is 38.4 Å². The summed E-state index contributed by atoms with van der Waals surface area (Å²) in [7, 11) is 0. The fourth-order valence-electron chi connectivity index (χ4n) is 2.09. The molecular formula is C14H18O3. The molecule has 3 nitrogen and oxygen atoms in total. The molecule has 0 aromatic heterocycles. The van der Waals surface area contributed by atoms with Crippen molar-refractivity contribution < 1.29 is 14.3 Å². The van der Waals surface area contributed by atoms with E-state index in [1.807, 2.05) is 32.0 Å². The predicted octanol–water partition coefficient (Wildman–Crippen LogP) is 2.34. The van der Waals surface area contributed by atoms with Crippen LogP contribution in [0.15, 0.2) is 30.3 Å². The van der Waals surface area contributed by atoms with E-state index in [1.165, 1.54) is 5.56 Å². The SMILES string of the molecule is CCOC(=O)C1(CCc2ccccc2)OC1C. The maximum absolute atomic E-state index is 11.8. The van der Waals surface area contributed by atoms with Crippen molar-refractivity contribution in [3.05, 3.63) is 35.9 Å². The molecule has 2 rings (SSSR count). The number of carbonyl (C=O) groups excluding carboxylic acids is 1. The highest BCUT2D eigenvalue weighted by molar-refractivity contribution is 5.83. The van der Waals surface area contributed by atoms with Crippen LogP contribution in [0.1, 0.15) is 25.8 Å². The standard InChI is InChI=1S/C14H18O3/c1-3-16-13(15)14(11(2)17-14)10-9-12-7-5-4-6-8-12/h4-8,11H,3,9-10H2,1-2H3. The van der Waals surface area contributed by atoms with Gasteiger partial charge < -0.3 is 9.47 Å². The smallest absolute Gasteiger partial charge is 0.341 e. The van der Waals surface area contributed by atoms with E-state index < -0.39 is 5.60 Å². The van der Waals surface area contributed by atoms with Gasteiger partial charge in [0.15, 0.2) is 5.60 Å². The first-order valence-electron chi connectivity index (χ1n) is 6.08. The van der Waals surface area contributed by atoms with E-state index in [1.54, 1.807) is 0 Å². The second-order valence-electron chi connectivity index (χ2n) is 4.36. The van der Waals surface area contributed by atoms with E-state index in [2.05, 4.69) is 12.1 Å². The van der Waals surface area contributed by atoms with Gasteiger partial charge in [-0.05, 0) is 32.3 Å². The van der Waals surface area contributed by atoms with Crippen molar-refractivity contribution >= 4 is 5.97 Å². The summed E-state index contributed by atoms with van der Waals surface area (Å²) in [4.78, 5) is 11.8. The second kappa shape index (κ2) is 4.88. The predicted molar refractivity (Wildman–Crippen MR) is 64.7 cm³/mol. The molecule has 1 aromatic rings. The Balaban J connectivity index is 1.95. The van der Waals surface area contributed by atoms with Gasteiger partial charge in [-0.1, -0.05) is 30.3 Å². The number of epoxide rings is 1. The molecule has 17 heavy (non-hydrogen) atoms. The lowest BCUT2D eigenvalue weighted by Gasteiger charge is -2.11. The molecule has 2 unspecified atom stereocenters. The Hall–Kier alpha value is -1.35. The van der Waals surface area contributed by atoms with Gasteiger partial charge in [-0.2, -0.15) is 0 Å². The molecule has 0 bridgehead atoms. The molecule has 0 amide bonds. The third kappa shape index (κ3) is 2.50. The van der Waals surface area contributed by atoms with E-state index in [4.69, 9.17) is 9.47 Å². The Morgan fingerprint density at radius 1 is 1.41 bits per heavy atom. The van der Waals surface area contributed by atoms with Crippen LogP contribution in [0.25, 0.3) is 0 Å². The number of benzene rings is 1. The van der Waals surface area contributed by atoms with Crippen LogP contribution in [0.3, 0.4) is 0 Å². The number of aryl methyl sites for hydroxylation is 1. The minimum Gasteiger partial charge on any atom is -0.464 e. The maximum Gasteiger partial charge on any atom is 0.341 e. The lowest BCUT2D eigenvalue weighted by molar-refractivity contribution is -0.149. The highest BCUT2D eigenvalue weighted by Crippen LogP contribution is 2.41. The quantitative estimate of drug-likeness (QED) is 0.580. The average Bonchev–Trinajstić information content (AvgIpc) is 3.01. The molecule has 1 saturated heterocycles. The summed E-state index contributed by atoms with van der Waals surface area (Å²) >= 11 is 0. The molecule has 1 heterocycles. The van der Waals surface area contributed by atoms with Crippen molar-refractivity contribution in [1.29, 1.82) is 0 Å². The normalized spacial score (nSPS) is 26.6. The molecule has 1 aliphatic rings. The maximum atomic E-state index is 11.8. The highest BCUT2D eigenvalue weighted by atomic mass is 16.7. The van der Waals surface area contributed by atoms with Crippen LogP contribution in [-0.4, -0.2) is 24.3 Å². The number of hydrogen-bond acceptors (Lipinski definition) is 3. The number of carbonyl (C=O) groups is 1. The van der Waals surface area contributed by atoms with Gasteiger partial charge >= 0.3 is 5.97 Å². The molecule has 0 N–H and O–H groups in total. The zero-order valence-corrected chi connectivity index (χ0v) is 10.3. The molecule has 1 fully saturated rings. The molecular weight excluding hydrogens is 216 g/mol. The summed E-state index contributed by atoms with van der Waals surface area (Å²) in [6.07, 6.45) is 1.51. The van der Waals surface area contributed by atoms with E-state index >= 15 is 0 Å². The van der Waals surface area contributed by atoms with E-state index in [0.29, 0.717) is 13.0 Å². The Morgan fingerprint density at radius 3 is 2.59 bits per heavy atom. The van der Waals surface area contributed by atoms with Gasteiger partial charge in [-0.3, -0.25) is 0 Å². The lowest BCUT2D eigenvalue weighted by atomic mass is 9.97. The minimum absolute atomic E-state index is 0.0229. The largest absolute Gasteiger partial charge is 0.464 e. The minimum atomic E-state index is -0.689. The van der Waals surface area contributed by atoms with Crippen molar-refractivity contribution in [3.8, 4) is 0 Å². The van der Waals surface area contributed by atoms with Gasteiger partial charge in [0.1, 0.15) is 0 Å². The van der Waals surface area contributed by atoms with Gasteiger partial charge in [0.2, 0.25) is 0 Å². The Labute approximate surface area is 102 Å². The number of hydrogen-bond donors (Lipinski definition) is 0. The molecule has 0 spiro atoms. The fourth-order valence-corrected chi connectivity index (χ4v) is 2.09. The third-order valence-electron chi connectivity index (χ3n) is 3.24. The van der Waals surface area contributed by atoms with Crippen LogP contribution in [0.5, 0.6) is 0 Å². The highest BCUT2D eigenvalue weighted by Gasteiger charge is 2.60. The molecule has 1 aromatic carbocycles. The van der Waals surface area contributed by atoms with E-state index in [0.717, 1.165) is 6.42 Å². The van der Waals surface area contributed by atoms with Gasteiger partial charge in [-0.15, -0.1) is 0 Å². The van der Waals surface area contributed by atoms with Gasteiger partial charge in [0.05, 0.1) is 12.7 Å². The van der Waals surface area contributed by atoms with Crippen molar-refractivity contribution in [2.24, 2.45) is 0 Å². The number of rotatable bonds is 5. The van der Waals surface area contributed by atoms with Crippen LogP contribution in [0, 0.1) is 0 Å². The number of ether oxygens (including phenoxy) is 2. The van der Waals surface area contributed by atoms with Crippen LogP contribution in [0.2, 0.25) is 0 Å². The molecule has 3 heteroatoms. The summed E-state index contributed by atoms with van der Waals surface area (Å²) in [5, 5.41) is 0. The molecule has 0 aliphatic carbocycles. The summed E-state index contributed by atoms with van der Waals surface area (Å²) in [5.41, 5.74) is 0.533. The summed E-state index contributed by atoms with van der Waals surface area (Å²) < 4.78 is 10.5. The summed E-state index contributed by atoms with van der Waals surface area (Å²) in [5.74, 6) is -0.219. The fraction of sp³-hybridized carbons (Fsp3) is 0.500. The summed E-state index contributed by atoms with van der Waals surface area (Å²) in [6, 6.07) is 10.1. The zero-order chi connectivity index (χ0) is 12.3. The Bertz CT molecular complexity index is 388.